The SMILES string of the molecule is C[C@H](c1ccncc1)N1CCN(S(=O)(=O)Cc2ccccc2)CC1. The first kappa shape index (κ1) is 17.1. The highest BCUT2D eigenvalue weighted by atomic mass is 32.2. The maximum absolute atomic E-state index is 12.6. The molecule has 0 radical (unpaired) electrons. The van der Waals surface area contributed by atoms with Crippen molar-refractivity contribution >= 4 is 10.0 Å². The Kier molecular flexibility index (Phi) is 5.28. The Bertz CT molecular complexity index is 742. The fourth-order valence-corrected chi connectivity index (χ4v) is 4.61. The Labute approximate surface area is 144 Å². The van der Waals surface area contributed by atoms with Crippen molar-refractivity contribution in [1.29, 1.82) is 0 Å². The van der Waals surface area contributed by atoms with E-state index in [2.05, 4.69) is 16.8 Å². The van der Waals surface area contributed by atoms with E-state index in [4.69, 9.17) is 0 Å². The Hall–Kier alpha value is -1.76. The molecule has 0 amide bonds. The molecule has 1 fully saturated rings. The lowest BCUT2D eigenvalue weighted by Crippen LogP contribution is -2.49. The largest absolute Gasteiger partial charge is 0.294 e. The minimum absolute atomic E-state index is 0.0771. The van der Waals surface area contributed by atoms with Crippen LogP contribution in [0.2, 0.25) is 0 Å². The van der Waals surface area contributed by atoms with Crippen LogP contribution in [0.3, 0.4) is 0 Å². The highest BCUT2D eigenvalue weighted by molar-refractivity contribution is 7.88. The maximum Gasteiger partial charge on any atom is 0.218 e. The zero-order valence-electron chi connectivity index (χ0n) is 13.9. The van der Waals surface area contributed by atoms with Gasteiger partial charge in [0.1, 0.15) is 0 Å². The summed E-state index contributed by atoms with van der Waals surface area (Å²) in [4.78, 5) is 6.37. The second-order valence-electron chi connectivity index (χ2n) is 6.13. The number of hydrogen-bond donors (Lipinski definition) is 0. The Morgan fingerprint density at radius 2 is 1.62 bits per heavy atom. The molecule has 128 valence electrons. The molecule has 0 saturated carbocycles. The predicted octanol–water partition coefficient (Wildman–Crippen LogP) is 2.29. The van der Waals surface area contributed by atoms with Crippen molar-refractivity contribution in [3.8, 4) is 0 Å². The topological polar surface area (TPSA) is 53.5 Å². The summed E-state index contributed by atoms with van der Waals surface area (Å²) in [6.45, 7) is 4.74. The van der Waals surface area contributed by atoms with E-state index in [0.29, 0.717) is 13.1 Å². The van der Waals surface area contributed by atoms with E-state index in [1.807, 2.05) is 42.5 Å². The third kappa shape index (κ3) is 4.01. The van der Waals surface area contributed by atoms with Crippen molar-refractivity contribution < 1.29 is 8.42 Å². The number of sulfonamides is 1. The standard InChI is InChI=1S/C18H23N3O2S/c1-16(18-7-9-19-10-8-18)20-11-13-21(14-12-20)24(22,23)15-17-5-3-2-4-6-17/h2-10,16H,11-15H2,1H3/t16-/m1/s1. The van der Waals surface area contributed by atoms with Gasteiger partial charge in [-0.05, 0) is 30.2 Å². The van der Waals surface area contributed by atoms with Crippen LogP contribution in [0, 0.1) is 0 Å². The second kappa shape index (κ2) is 7.42. The van der Waals surface area contributed by atoms with Gasteiger partial charge in [-0.15, -0.1) is 0 Å². The molecule has 6 heteroatoms. The molecule has 2 aromatic rings. The van der Waals surface area contributed by atoms with E-state index in [9.17, 15) is 8.42 Å². The van der Waals surface area contributed by atoms with E-state index in [1.54, 1.807) is 16.7 Å². The monoisotopic (exact) mass is 345 g/mol. The van der Waals surface area contributed by atoms with Gasteiger partial charge >= 0.3 is 0 Å². The van der Waals surface area contributed by atoms with Gasteiger partial charge in [-0.25, -0.2) is 8.42 Å². The van der Waals surface area contributed by atoms with Gasteiger partial charge in [-0.1, -0.05) is 30.3 Å². The smallest absolute Gasteiger partial charge is 0.218 e. The summed E-state index contributed by atoms with van der Waals surface area (Å²) in [6.07, 6.45) is 3.60. The van der Waals surface area contributed by atoms with Gasteiger partial charge in [0.15, 0.2) is 0 Å². The highest BCUT2D eigenvalue weighted by Gasteiger charge is 2.29. The van der Waals surface area contributed by atoms with E-state index < -0.39 is 10.0 Å². The molecule has 1 aromatic heterocycles. The van der Waals surface area contributed by atoms with Crippen molar-refractivity contribution in [2.75, 3.05) is 26.2 Å². The van der Waals surface area contributed by atoms with E-state index in [0.717, 1.165) is 18.7 Å². The summed E-state index contributed by atoms with van der Waals surface area (Å²) < 4.78 is 26.8. The fourth-order valence-electron chi connectivity index (χ4n) is 3.10. The minimum atomic E-state index is -3.25. The predicted molar refractivity (Wildman–Crippen MR) is 94.9 cm³/mol. The fraction of sp³-hybridized carbons (Fsp3) is 0.389. The zero-order chi connectivity index (χ0) is 17.0. The molecular weight excluding hydrogens is 322 g/mol. The van der Waals surface area contributed by atoms with Crippen LogP contribution in [-0.2, 0) is 15.8 Å². The Balaban J connectivity index is 1.60. The molecule has 1 aliphatic rings. The molecule has 1 atom stereocenters. The average Bonchev–Trinajstić information content (AvgIpc) is 2.62. The Morgan fingerprint density at radius 3 is 2.25 bits per heavy atom. The highest BCUT2D eigenvalue weighted by Crippen LogP contribution is 2.22. The molecule has 3 rings (SSSR count). The summed E-state index contributed by atoms with van der Waals surface area (Å²) in [5.74, 6) is 0.0771. The minimum Gasteiger partial charge on any atom is -0.294 e. The van der Waals surface area contributed by atoms with Crippen molar-refractivity contribution in [1.82, 2.24) is 14.2 Å². The lowest BCUT2D eigenvalue weighted by Gasteiger charge is -2.37. The molecule has 24 heavy (non-hydrogen) atoms. The molecule has 2 heterocycles. The maximum atomic E-state index is 12.6. The molecule has 0 spiro atoms. The van der Waals surface area contributed by atoms with Gasteiger partial charge in [-0.2, -0.15) is 4.31 Å². The number of nitrogens with zero attached hydrogens (tertiary/aromatic N) is 3. The van der Waals surface area contributed by atoms with Crippen LogP contribution in [0.4, 0.5) is 0 Å². The molecule has 1 aliphatic heterocycles. The molecule has 0 unspecified atom stereocenters. The molecule has 1 saturated heterocycles. The number of rotatable bonds is 5. The van der Waals surface area contributed by atoms with Crippen molar-refractivity contribution in [3.05, 3.63) is 66.0 Å². The first-order chi connectivity index (χ1) is 11.6. The molecule has 0 aliphatic carbocycles. The average molecular weight is 345 g/mol. The molecular formula is C18H23N3O2S. The normalized spacial score (nSPS) is 18.4. The molecule has 1 aromatic carbocycles. The number of hydrogen-bond acceptors (Lipinski definition) is 4. The third-order valence-electron chi connectivity index (χ3n) is 4.59. The summed E-state index contributed by atoms with van der Waals surface area (Å²) >= 11 is 0. The van der Waals surface area contributed by atoms with Crippen molar-refractivity contribution in [2.24, 2.45) is 0 Å². The lowest BCUT2D eigenvalue weighted by atomic mass is 10.1. The zero-order valence-corrected chi connectivity index (χ0v) is 14.7. The number of pyridine rings is 1. The first-order valence-corrected chi connectivity index (χ1v) is 9.83. The van der Waals surface area contributed by atoms with Crippen LogP contribution in [-0.4, -0.2) is 48.8 Å². The first-order valence-electron chi connectivity index (χ1n) is 8.22. The Morgan fingerprint density at radius 1 is 1.00 bits per heavy atom. The molecule has 0 N–H and O–H groups in total. The van der Waals surface area contributed by atoms with E-state index in [-0.39, 0.29) is 11.8 Å². The summed E-state index contributed by atoms with van der Waals surface area (Å²) in [5.41, 5.74) is 2.05. The van der Waals surface area contributed by atoms with Crippen LogP contribution in [0.15, 0.2) is 54.9 Å². The van der Waals surface area contributed by atoms with E-state index in [1.165, 1.54) is 5.56 Å². The second-order valence-corrected chi connectivity index (χ2v) is 8.10. The number of benzene rings is 1. The van der Waals surface area contributed by atoms with Crippen LogP contribution >= 0.6 is 0 Å². The summed E-state index contributed by atoms with van der Waals surface area (Å²) in [7, 11) is -3.25. The van der Waals surface area contributed by atoms with Crippen LogP contribution in [0.5, 0.6) is 0 Å². The van der Waals surface area contributed by atoms with Gasteiger partial charge in [0.25, 0.3) is 0 Å². The van der Waals surface area contributed by atoms with Gasteiger partial charge in [0.05, 0.1) is 5.75 Å². The van der Waals surface area contributed by atoms with Crippen molar-refractivity contribution in [2.45, 2.75) is 18.7 Å². The quantitative estimate of drug-likeness (QED) is 0.834. The third-order valence-corrected chi connectivity index (χ3v) is 6.44. The molecule has 5 nitrogen and oxygen atoms in total. The number of piperazine rings is 1. The number of aromatic nitrogens is 1. The summed E-state index contributed by atoms with van der Waals surface area (Å²) in [5, 5.41) is 0. The van der Waals surface area contributed by atoms with Crippen LogP contribution < -0.4 is 0 Å². The van der Waals surface area contributed by atoms with Gasteiger partial charge in [-0.3, -0.25) is 9.88 Å². The van der Waals surface area contributed by atoms with Crippen LogP contribution in [0.1, 0.15) is 24.1 Å². The van der Waals surface area contributed by atoms with Crippen LogP contribution in [0.25, 0.3) is 0 Å². The van der Waals surface area contributed by atoms with E-state index >= 15 is 0 Å². The molecule has 0 bridgehead atoms. The summed E-state index contributed by atoms with van der Waals surface area (Å²) in [6, 6.07) is 13.7. The van der Waals surface area contributed by atoms with Gasteiger partial charge in [0, 0.05) is 44.6 Å². The van der Waals surface area contributed by atoms with Gasteiger partial charge < -0.3 is 0 Å². The van der Waals surface area contributed by atoms with Crippen molar-refractivity contribution in [3.63, 3.8) is 0 Å². The lowest BCUT2D eigenvalue weighted by molar-refractivity contribution is 0.145. The van der Waals surface area contributed by atoms with Gasteiger partial charge in [0.2, 0.25) is 10.0 Å².